The Morgan fingerprint density at radius 2 is 1.63 bits per heavy atom. The number of aryl methyl sites for hydroxylation is 1. The lowest BCUT2D eigenvalue weighted by Crippen LogP contribution is -2.55. The Hall–Kier alpha value is -1.15. The Balaban J connectivity index is 1.41. The molecule has 0 unspecified atom stereocenters. The van der Waals surface area contributed by atoms with E-state index in [1.54, 1.807) is 0 Å². The van der Waals surface area contributed by atoms with Crippen LogP contribution in [-0.2, 0) is 0 Å². The molecular weight excluding hydrogens is 368 g/mol. The third-order valence-electron chi connectivity index (χ3n) is 10.7. The molecule has 0 aromatic heterocycles. The first kappa shape index (κ1) is 20.7. The van der Waals surface area contributed by atoms with Gasteiger partial charge in [0.2, 0.25) is 0 Å². The first-order valence-corrected chi connectivity index (χ1v) is 12.5. The molecule has 30 heavy (non-hydrogen) atoms. The van der Waals surface area contributed by atoms with Gasteiger partial charge in [-0.25, -0.2) is 0 Å². The van der Waals surface area contributed by atoms with Gasteiger partial charge in [0.15, 0.2) is 5.78 Å². The predicted octanol–water partition coefficient (Wildman–Crippen LogP) is 6.59. The van der Waals surface area contributed by atoms with Gasteiger partial charge >= 0.3 is 0 Å². The summed E-state index contributed by atoms with van der Waals surface area (Å²) in [6, 6.07) is 8.18. The van der Waals surface area contributed by atoms with Gasteiger partial charge in [-0.1, -0.05) is 38.1 Å². The molecular formula is C28H40O2. The normalized spacial score (nSPS) is 47.8. The number of fused-ring (bicyclic) bond motifs is 5. The van der Waals surface area contributed by atoms with Gasteiger partial charge in [0.25, 0.3) is 0 Å². The van der Waals surface area contributed by atoms with Crippen LogP contribution in [0.3, 0.4) is 0 Å². The summed E-state index contributed by atoms with van der Waals surface area (Å²) in [5.41, 5.74) is 2.19. The minimum atomic E-state index is -0.460. The second-order valence-electron chi connectivity index (χ2n) is 12.2. The molecule has 0 radical (unpaired) electrons. The van der Waals surface area contributed by atoms with Crippen molar-refractivity contribution in [1.29, 1.82) is 0 Å². The molecule has 0 saturated heterocycles. The highest BCUT2D eigenvalue weighted by molar-refractivity contribution is 5.99. The first-order valence-electron chi connectivity index (χ1n) is 12.5. The molecule has 1 N–H and O–H groups in total. The molecule has 1 aromatic carbocycles. The topological polar surface area (TPSA) is 37.3 Å². The highest BCUT2D eigenvalue weighted by Crippen LogP contribution is 2.68. The maximum atomic E-state index is 13.6. The van der Waals surface area contributed by atoms with E-state index in [9.17, 15) is 9.90 Å². The lowest BCUT2D eigenvalue weighted by atomic mass is 9.44. The van der Waals surface area contributed by atoms with E-state index >= 15 is 0 Å². The molecule has 0 spiro atoms. The lowest BCUT2D eigenvalue weighted by Gasteiger charge is -2.61. The summed E-state index contributed by atoms with van der Waals surface area (Å²) in [5.74, 6) is 3.56. The summed E-state index contributed by atoms with van der Waals surface area (Å²) in [6.07, 6.45) is 10.5. The molecule has 4 aliphatic rings. The van der Waals surface area contributed by atoms with E-state index in [-0.39, 0.29) is 11.3 Å². The Kier molecular flexibility index (Phi) is 4.79. The van der Waals surface area contributed by atoms with Gasteiger partial charge in [-0.15, -0.1) is 0 Å². The number of Topliss-reactive ketones (excluding diaryl/α,β-unsaturated/α-hetero) is 1. The van der Waals surface area contributed by atoms with E-state index in [0.717, 1.165) is 42.2 Å². The van der Waals surface area contributed by atoms with Crippen molar-refractivity contribution in [2.75, 3.05) is 0 Å². The fourth-order valence-electron chi connectivity index (χ4n) is 8.90. The maximum Gasteiger partial charge on any atom is 0.166 e. The number of benzene rings is 1. The van der Waals surface area contributed by atoms with Crippen LogP contribution in [0.25, 0.3) is 0 Å². The zero-order valence-corrected chi connectivity index (χ0v) is 19.4. The third-order valence-corrected chi connectivity index (χ3v) is 10.7. The van der Waals surface area contributed by atoms with E-state index in [0.29, 0.717) is 23.0 Å². The number of aliphatic hydroxyl groups is 1. The van der Waals surface area contributed by atoms with Crippen molar-refractivity contribution in [3.8, 4) is 0 Å². The summed E-state index contributed by atoms with van der Waals surface area (Å²) in [6.45, 7) is 9.15. The molecule has 0 heterocycles. The minimum absolute atomic E-state index is 0.171. The zero-order chi connectivity index (χ0) is 21.3. The lowest BCUT2D eigenvalue weighted by molar-refractivity contribution is -0.144. The number of carbonyl (C=O) groups excluding carboxylic acids is 1. The summed E-state index contributed by atoms with van der Waals surface area (Å²) in [4.78, 5) is 13.6. The molecule has 0 bridgehead atoms. The number of rotatable bonds is 2. The van der Waals surface area contributed by atoms with Gasteiger partial charge in [-0.2, -0.15) is 0 Å². The molecule has 164 valence electrons. The van der Waals surface area contributed by atoms with Crippen LogP contribution in [0.5, 0.6) is 0 Å². The van der Waals surface area contributed by atoms with Gasteiger partial charge in [0.1, 0.15) is 0 Å². The van der Waals surface area contributed by atoms with Crippen molar-refractivity contribution in [2.24, 2.45) is 40.4 Å². The zero-order valence-electron chi connectivity index (χ0n) is 19.4. The summed E-state index contributed by atoms with van der Waals surface area (Å²) < 4.78 is 0. The van der Waals surface area contributed by atoms with Gasteiger partial charge in [-0.05, 0) is 112 Å². The maximum absolute atomic E-state index is 13.6. The van der Waals surface area contributed by atoms with E-state index in [4.69, 9.17) is 0 Å². The number of ketones is 1. The third kappa shape index (κ3) is 2.96. The van der Waals surface area contributed by atoms with Crippen LogP contribution in [0.15, 0.2) is 24.3 Å². The van der Waals surface area contributed by atoms with Crippen molar-refractivity contribution in [2.45, 2.75) is 91.1 Å². The van der Waals surface area contributed by atoms with E-state index in [1.165, 1.54) is 38.5 Å². The van der Waals surface area contributed by atoms with Crippen molar-refractivity contribution in [3.63, 3.8) is 0 Å². The smallest absolute Gasteiger partial charge is 0.166 e. The Bertz CT molecular complexity index is 841. The van der Waals surface area contributed by atoms with Crippen molar-refractivity contribution in [3.05, 3.63) is 35.4 Å². The van der Waals surface area contributed by atoms with E-state index < -0.39 is 5.60 Å². The van der Waals surface area contributed by atoms with Crippen LogP contribution in [0.4, 0.5) is 0 Å². The SMILES string of the molecule is Cc1ccccc1C(=O)[C@H]1CC[C@H]2[C@@H]3CC[C@@H]4C[C@](C)(O)CC[C@]4(C)[C@H]3CC[C@]12C. The number of hydrogen-bond acceptors (Lipinski definition) is 2. The molecule has 2 heteroatoms. The molecule has 4 saturated carbocycles. The second-order valence-corrected chi connectivity index (χ2v) is 12.2. The van der Waals surface area contributed by atoms with Gasteiger partial charge in [-0.3, -0.25) is 4.79 Å². The molecule has 4 fully saturated rings. The largest absolute Gasteiger partial charge is 0.390 e. The highest BCUT2D eigenvalue weighted by Gasteiger charge is 2.61. The first-order chi connectivity index (χ1) is 14.2. The van der Waals surface area contributed by atoms with Gasteiger partial charge in [0.05, 0.1) is 5.60 Å². The minimum Gasteiger partial charge on any atom is -0.390 e. The molecule has 5 rings (SSSR count). The van der Waals surface area contributed by atoms with E-state index in [2.05, 4.69) is 33.8 Å². The summed E-state index contributed by atoms with van der Waals surface area (Å²) >= 11 is 0. The molecule has 8 atom stereocenters. The van der Waals surface area contributed by atoms with Crippen LogP contribution in [0, 0.1) is 47.3 Å². The van der Waals surface area contributed by atoms with Gasteiger partial charge < -0.3 is 5.11 Å². The predicted molar refractivity (Wildman–Crippen MR) is 121 cm³/mol. The monoisotopic (exact) mass is 408 g/mol. The summed E-state index contributed by atoms with van der Waals surface area (Å²) in [5, 5.41) is 10.7. The molecule has 1 aromatic rings. The van der Waals surface area contributed by atoms with Crippen LogP contribution in [0.2, 0.25) is 0 Å². The van der Waals surface area contributed by atoms with Gasteiger partial charge in [0, 0.05) is 11.5 Å². The van der Waals surface area contributed by atoms with Crippen molar-refractivity contribution < 1.29 is 9.90 Å². The highest BCUT2D eigenvalue weighted by atomic mass is 16.3. The average molecular weight is 409 g/mol. The Labute approximate surface area is 182 Å². The molecule has 0 aliphatic heterocycles. The quantitative estimate of drug-likeness (QED) is 0.561. The molecule has 4 aliphatic carbocycles. The van der Waals surface area contributed by atoms with E-state index in [1.807, 2.05) is 18.2 Å². The molecule has 0 amide bonds. The average Bonchev–Trinajstić information content (AvgIpc) is 3.05. The van der Waals surface area contributed by atoms with Crippen LogP contribution in [-0.4, -0.2) is 16.5 Å². The fourth-order valence-corrected chi connectivity index (χ4v) is 8.90. The fraction of sp³-hybridized carbons (Fsp3) is 0.750. The van der Waals surface area contributed by atoms with Crippen LogP contribution in [0.1, 0.15) is 94.5 Å². The number of hydrogen-bond donors (Lipinski definition) is 1. The van der Waals surface area contributed by atoms with Crippen molar-refractivity contribution >= 4 is 5.78 Å². The standard InChI is InChI=1S/C28H40O2/c1-18-7-5-6-8-20(18)25(29)24-12-11-22-21-10-9-19-17-26(2,30)15-16-27(19,3)23(21)13-14-28(22,24)4/h5-8,19,21-24,30H,9-17H2,1-4H3/t19-,21+,22+,23+,24-,26-,27+,28+/m1/s1. The Morgan fingerprint density at radius 3 is 2.40 bits per heavy atom. The summed E-state index contributed by atoms with van der Waals surface area (Å²) in [7, 11) is 0. The number of carbonyl (C=O) groups is 1. The second kappa shape index (κ2) is 6.92. The molecule has 2 nitrogen and oxygen atoms in total. The van der Waals surface area contributed by atoms with Crippen LogP contribution < -0.4 is 0 Å². The Morgan fingerprint density at radius 1 is 0.900 bits per heavy atom. The van der Waals surface area contributed by atoms with Crippen molar-refractivity contribution in [1.82, 2.24) is 0 Å². The van der Waals surface area contributed by atoms with Crippen LogP contribution >= 0.6 is 0 Å².